The second-order valence-electron chi connectivity index (χ2n) is 11.1. The fraction of sp³-hybridized carbons (Fsp3) is 0.235. The zero-order valence-corrected chi connectivity index (χ0v) is 27.2. The second-order valence-corrected chi connectivity index (χ2v) is 12.2. The number of aromatic hydroxyl groups is 3. The highest BCUT2D eigenvalue weighted by molar-refractivity contribution is 7.99. The number of amides is 5. The van der Waals surface area contributed by atoms with Crippen LogP contribution in [0.1, 0.15) is 17.5 Å². The lowest BCUT2D eigenvalue weighted by Crippen LogP contribution is -2.52. The van der Waals surface area contributed by atoms with Crippen molar-refractivity contribution < 1.29 is 34.5 Å². The maximum absolute atomic E-state index is 13.1. The van der Waals surface area contributed by atoms with Gasteiger partial charge in [0.2, 0.25) is 17.7 Å². The predicted octanol–water partition coefficient (Wildman–Crippen LogP) is 1.98. The number of para-hydroxylation sites is 1. The van der Waals surface area contributed by atoms with E-state index in [2.05, 4.69) is 21.3 Å². The van der Waals surface area contributed by atoms with Crippen molar-refractivity contribution >= 4 is 41.2 Å². The van der Waals surface area contributed by atoms with Gasteiger partial charge in [0.15, 0.2) is 5.88 Å². The first-order valence-corrected chi connectivity index (χ1v) is 16.3. The van der Waals surface area contributed by atoms with Gasteiger partial charge in [0.05, 0.1) is 17.5 Å². The van der Waals surface area contributed by atoms with Crippen LogP contribution in [0.3, 0.4) is 0 Å². The summed E-state index contributed by atoms with van der Waals surface area (Å²) in [5, 5.41) is 41.0. The first-order valence-electron chi connectivity index (χ1n) is 15.3. The third-order valence-electron chi connectivity index (χ3n) is 7.38. The Morgan fingerprint density at radius 1 is 0.816 bits per heavy atom. The highest BCUT2D eigenvalue weighted by Gasteiger charge is 2.25. The molecule has 0 spiro atoms. The molecular formula is C34H39N7O7S. The molecule has 49 heavy (non-hydrogen) atoms. The summed E-state index contributed by atoms with van der Waals surface area (Å²) in [4.78, 5) is 50.8. The Labute approximate surface area is 286 Å². The standard InChI is InChI=1S/C34H39N7O7S/c35-25(31(45)39-27(30(36)44)20-49-28-18-29(43)41(33(28)47)19-22-7-3-1-4-8-22)15-16-37-34(48)40-32(46)26(38-23-9-5-2-6-10-23)17-21-11-13-24(42)14-12-21/h1-14,18,25-27,38,42-43,47H,15-17,19-20,35H2,(H2,36,44)(H,39,45)(H2,37,40,46,48)/t25-,26-,27-/m0/s1. The van der Waals surface area contributed by atoms with Crippen molar-refractivity contribution in [1.82, 2.24) is 20.5 Å². The second kappa shape index (κ2) is 17.5. The molecule has 1 heterocycles. The number of nitrogens with two attached hydrogens (primary N) is 2. The molecule has 1 aromatic heterocycles. The van der Waals surface area contributed by atoms with Gasteiger partial charge in [0, 0.05) is 30.5 Å². The fourth-order valence-corrected chi connectivity index (χ4v) is 5.73. The number of primary amides is 1. The van der Waals surface area contributed by atoms with Gasteiger partial charge in [0.1, 0.15) is 17.8 Å². The highest BCUT2D eigenvalue weighted by atomic mass is 32.2. The topological polar surface area (TPSA) is 234 Å². The fourth-order valence-electron chi connectivity index (χ4n) is 4.70. The number of nitrogens with zero attached hydrogens (tertiary/aromatic N) is 1. The number of hydrogen-bond acceptors (Lipinski definition) is 10. The van der Waals surface area contributed by atoms with Gasteiger partial charge in [-0.3, -0.25) is 24.3 Å². The molecule has 3 atom stereocenters. The van der Waals surface area contributed by atoms with Crippen LogP contribution in [0.5, 0.6) is 17.5 Å². The van der Waals surface area contributed by atoms with Crippen molar-refractivity contribution in [2.75, 3.05) is 17.6 Å². The largest absolute Gasteiger partial charge is 0.508 e. The van der Waals surface area contributed by atoms with E-state index in [9.17, 15) is 34.5 Å². The van der Waals surface area contributed by atoms with Crippen LogP contribution >= 0.6 is 11.8 Å². The number of imide groups is 1. The number of nitrogens with one attached hydrogen (secondary N) is 4. The van der Waals surface area contributed by atoms with Crippen molar-refractivity contribution in [2.24, 2.45) is 11.5 Å². The summed E-state index contributed by atoms with van der Waals surface area (Å²) in [7, 11) is 0. The van der Waals surface area contributed by atoms with Gasteiger partial charge in [-0.05, 0) is 41.8 Å². The smallest absolute Gasteiger partial charge is 0.321 e. The van der Waals surface area contributed by atoms with E-state index in [1.807, 2.05) is 36.4 Å². The molecule has 5 amide bonds. The Hall–Kier alpha value is -5.67. The zero-order chi connectivity index (χ0) is 35.3. The summed E-state index contributed by atoms with van der Waals surface area (Å²) in [6.07, 6.45) is 0.196. The lowest BCUT2D eigenvalue weighted by atomic mass is 10.0. The molecule has 0 bridgehead atoms. The lowest BCUT2D eigenvalue weighted by Gasteiger charge is -2.20. The Morgan fingerprint density at radius 3 is 2.12 bits per heavy atom. The summed E-state index contributed by atoms with van der Waals surface area (Å²) < 4.78 is 1.30. The van der Waals surface area contributed by atoms with Crippen molar-refractivity contribution in [3.63, 3.8) is 0 Å². The minimum Gasteiger partial charge on any atom is -0.508 e. The normalized spacial score (nSPS) is 12.7. The first kappa shape index (κ1) is 36.2. The van der Waals surface area contributed by atoms with Gasteiger partial charge in [-0.15, -0.1) is 11.8 Å². The van der Waals surface area contributed by atoms with Crippen LogP contribution in [0.4, 0.5) is 10.5 Å². The van der Waals surface area contributed by atoms with Gasteiger partial charge in [-0.1, -0.05) is 60.7 Å². The van der Waals surface area contributed by atoms with Gasteiger partial charge in [-0.2, -0.15) is 0 Å². The highest BCUT2D eigenvalue weighted by Crippen LogP contribution is 2.36. The molecule has 0 fully saturated rings. The zero-order valence-electron chi connectivity index (χ0n) is 26.4. The Bertz CT molecular complexity index is 1720. The van der Waals surface area contributed by atoms with Gasteiger partial charge < -0.3 is 42.7 Å². The molecule has 0 radical (unpaired) electrons. The average Bonchev–Trinajstić information content (AvgIpc) is 3.35. The Balaban J connectivity index is 1.25. The third kappa shape index (κ3) is 10.9. The number of carbonyl (C=O) groups is 4. The number of benzene rings is 3. The van der Waals surface area contributed by atoms with Crippen molar-refractivity contribution in [3.05, 3.63) is 102 Å². The molecule has 0 aliphatic heterocycles. The molecule has 14 nitrogen and oxygen atoms in total. The number of thioether (sulfide) groups is 1. The number of phenols is 1. The quantitative estimate of drug-likeness (QED) is 0.0776. The van der Waals surface area contributed by atoms with Crippen LogP contribution in [0, 0.1) is 0 Å². The molecule has 0 saturated carbocycles. The third-order valence-corrected chi connectivity index (χ3v) is 8.49. The number of anilines is 1. The van der Waals surface area contributed by atoms with E-state index in [1.165, 1.54) is 22.8 Å². The van der Waals surface area contributed by atoms with E-state index in [0.717, 1.165) is 22.9 Å². The number of carbonyl (C=O) groups excluding carboxylic acids is 4. The lowest BCUT2D eigenvalue weighted by molar-refractivity contribution is -0.127. The van der Waals surface area contributed by atoms with Gasteiger partial charge in [0.25, 0.3) is 5.91 Å². The van der Waals surface area contributed by atoms with E-state index >= 15 is 0 Å². The molecular weight excluding hydrogens is 650 g/mol. The van der Waals surface area contributed by atoms with E-state index in [4.69, 9.17) is 11.5 Å². The van der Waals surface area contributed by atoms with E-state index < -0.39 is 41.9 Å². The van der Waals surface area contributed by atoms with Crippen LogP contribution in [-0.4, -0.2) is 74.1 Å². The summed E-state index contributed by atoms with van der Waals surface area (Å²) in [5.74, 6) is -2.48. The molecule has 11 N–H and O–H groups in total. The van der Waals surface area contributed by atoms with Gasteiger partial charge >= 0.3 is 6.03 Å². The molecule has 0 unspecified atom stereocenters. The van der Waals surface area contributed by atoms with E-state index in [1.54, 1.807) is 36.4 Å². The first-order chi connectivity index (χ1) is 23.5. The Kier molecular flexibility index (Phi) is 12.9. The molecule has 4 aromatic rings. The van der Waals surface area contributed by atoms with Gasteiger partial charge in [-0.25, -0.2) is 4.79 Å². The van der Waals surface area contributed by atoms with E-state index in [-0.39, 0.29) is 54.1 Å². The summed E-state index contributed by atoms with van der Waals surface area (Å²) in [6, 6.07) is 22.0. The number of aromatic nitrogens is 1. The molecule has 15 heteroatoms. The van der Waals surface area contributed by atoms with Crippen LogP contribution in [0.2, 0.25) is 0 Å². The molecule has 4 rings (SSSR count). The molecule has 0 aliphatic rings. The monoisotopic (exact) mass is 689 g/mol. The molecule has 0 saturated heterocycles. The van der Waals surface area contributed by atoms with Crippen LogP contribution in [0.25, 0.3) is 0 Å². The van der Waals surface area contributed by atoms with Crippen molar-refractivity contribution in [1.29, 1.82) is 0 Å². The number of urea groups is 1. The summed E-state index contributed by atoms with van der Waals surface area (Å²) >= 11 is 1.01. The SMILES string of the molecule is NC(=O)[C@H](CSc1cc(O)n(Cc2ccccc2)c1O)NC(=O)[C@@H](N)CCNC(=O)NC(=O)[C@H](Cc1ccc(O)cc1)Nc1ccccc1. The van der Waals surface area contributed by atoms with Crippen molar-refractivity contribution in [3.8, 4) is 17.5 Å². The van der Waals surface area contributed by atoms with E-state index in [0.29, 0.717) is 5.69 Å². The Morgan fingerprint density at radius 2 is 1.47 bits per heavy atom. The maximum atomic E-state index is 13.1. The van der Waals surface area contributed by atoms with Crippen molar-refractivity contribution in [2.45, 2.75) is 42.4 Å². The average molecular weight is 690 g/mol. The minimum atomic E-state index is -1.15. The number of hydrogen-bond donors (Lipinski definition) is 9. The molecule has 3 aromatic carbocycles. The maximum Gasteiger partial charge on any atom is 0.321 e. The minimum absolute atomic E-state index is 0.0255. The predicted molar refractivity (Wildman–Crippen MR) is 185 cm³/mol. The number of rotatable bonds is 16. The molecule has 258 valence electrons. The number of phenolic OH excluding ortho intramolecular Hbond substituents is 1. The summed E-state index contributed by atoms with van der Waals surface area (Å²) in [6.45, 7) is 0.148. The van der Waals surface area contributed by atoms with Crippen LogP contribution in [0.15, 0.2) is 95.9 Å². The van der Waals surface area contributed by atoms with Crippen LogP contribution in [-0.2, 0) is 27.3 Å². The summed E-state index contributed by atoms with van der Waals surface area (Å²) in [5.41, 5.74) is 13.8. The molecule has 0 aliphatic carbocycles. The van der Waals surface area contributed by atoms with Crippen LogP contribution < -0.4 is 32.7 Å².